The molecule has 0 bridgehead atoms. The van der Waals surface area contributed by atoms with E-state index in [1.165, 1.54) is 37.1 Å². The molecule has 2 aromatic carbocycles. The summed E-state index contributed by atoms with van der Waals surface area (Å²) >= 11 is 0. The smallest absolute Gasteiger partial charge is 0.393 e. The molecule has 1 aliphatic heterocycles. The van der Waals surface area contributed by atoms with Gasteiger partial charge in [-0.15, -0.1) is 12.6 Å². The van der Waals surface area contributed by atoms with E-state index < -0.39 is 11.9 Å². The number of alkyl halides is 3. The van der Waals surface area contributed by atoms with Gasteiger partial charge < -0.3 is 16.5 Å². The molecular formula is C28H38F4N5Na. The molecule has 3 rings (SSSR count). The summed E-state index contributed by atoms with van der Waals surface area (Å²) in [4.78, 5) is 2.38. The molecule has 1 atom stereocenters. The molecule has 1 unspecified atom stereocenters. The Morgan fingerprint density at radius 1 is 1.16 bits per heavy atom. The second-order valence-electron chi connectivity index (χ2n) is 8.34. The van der Waals surface area contributed by atoms with Gasteiger partial charge in [0, 0.05) is 30.5 Å². The molecule has 1 fully saturated rings. The fourth-order valence-electron chi connectivity index (χ4n) is 3.55. The van der Waals surface area contributed by atoms with Gasteiger partial charge in [0.1, 0.15) is 5.70 Å². The fourth-order valence-corrected chi connectivity index (χ4v) is 3.55. The molecule has 0 spiro atoms. The third-order valence-corrected chi connectivity index (χ3v) is 5.65. The van der Waals surface area contributed by atoms with Gasteiger partial charge in [-0.25, -0.2) is 0 Å². The van der Waals surface area contributed by atoms with Crippen molar-refractivity contribution in [3.8, 4) is 0 Å². The van der Waals surface area contributed by atoms with Crippen LogP contribution in [0.25, 0.3) is 0 Å². The van der Waals surface area contributed by atoms with E-state index in [1.54, 1.807) is 18.6 Å². The number of hydrogen-bond donors (Lipinski definition) is 4. The van der Waals surface area contributed by atoms with Gasteiger partial charge in [-0.1, -0.05) is 62.0 Å². The summed E-state index contributed by atoms with van der Waals surface area (Å²) in [6, 6.07) is 17.7. The predicted octanol–water partition coefficient (Wildman–Crippen LogP) is 2.54. The van der Waals surface area contributed by atoms with Crippen LogP contribution in [-0.4, -0.2) is 30.7 Å². The second-order valence-corrected chi connectivity index (χ2v) is 8.34. The Kier molecular flexibility index (Phi) is 17.6. The van der Waals surface area contributed by atoms with E-state index in [1.807, 2.05) is 24.5 Å². The van der Waals surface area contributed by atoms with Crippen LogP contribution < -0.4 is 51.9 Å². The summed E-state index contributed by atoms with van der Waals surface area (Å²) in [5.41, 5.74) is 8.26. The largest absolute Gasteiger partial charge is 1.00 e. The van der Waals surface area contributed by atoms with Gasteiger partial charge >= 0.3 is 35.7 Å². The molecular weight excluding hydrogens is 505 g/mol. The summed E-state index contributed by atoms with van der Waals surface area (Å²) in [5, 5.41) is 3.44. The first-order valence-corrected chi connectivity index (χ1v) is 11.9. The van der Waals surface area contributed by atoms with Crippen molar-refractivity contribution in [2.75, 3.05) is 13.6 Å². The van der Waals surface area contributed by atoms with Crippen LogP contribution in [0.5, 0.6) is 0 Å². The van der Waals surface area contributed by atoms with Crippen molar-refractivity contribution in [2.24, 2.45) is 11.6 Å². The third-order valence-electron chi connectivity index (χ3n) is 5.65. The van der Waals surface area contributed by atoms with Crippen LogP contribution in [0.2, 0.25) is 0 Å². The van der Waals surface area contributed by atoms with Crippen LogP contribution in [0.3, 0.4) is 0 Å². The number of halogens is 4. The number of likely N-dealkylation sites (tertiary alicyclic amines) is 1. The Morgan fingerprint density at radius 2 is 1.76 bits per heavy atom. The van der Waals surface area contributed by atoms with E-state index in [4.69, 9.17) is 11.6 Å². The molecule has 204 valence electrons. The zero-order chi connectivity index (χ0) is 27.8. The van der Waals surface area contributed by atoms with E-state index in [-0.39, 0.29) is 47.5 Å². The summed E-state index contributed by atoms with van der Waals surface area (Å²) in [7, 11) is 2.17. The van der Waals surface area contributed by atoms with Crippen LogP contribution in [0.1, 0.15) is 37.3 Å². The summed E-state index contributed by atoms with van der Waals surface area (Å²) in [6.07, 6.45) is 0.944. The Balaban J connectivity index is 0.000000557. The van der Waals surface area contributed by atoms with E-state index >= 15 is 0 Å². The van der Waals surface area contributed by atoms with Gasteiger partial charge in [-0.05, 0) is 32.0 Å². The molecule has 1 aliphatic rings. The van der Waals surface area contributed by atoms with Crippen molar-refractivity contribution < 1.29 is 47.1 Å². The van der Waals surface area contributed by atoms with Crippen molar-refractivity contribution >= 4 is 0 Å². The molecule has 0 radical (unpaired) electrons. The maximum absolute atomic E-state index is 12.6. The second kappa shape index (κ2) is 18.8. The number of hydrazine groups is 1. The number of nitrogens with two attached hydrogens (primary N) is 2. The first kappa shape index (κ1) is 35.6. The van der Waals surface area contributed by atoms with Gasteiger partial charge in [-0.2, -0.15) is 31.2 Å². The molecule has 38 heavy (non-hydrogen) atoms. The van der Waals surface area contributed by atoms with E-state index in [9.17, 15) is 17.6 Å². The Hall–Kier alpha value is -2.43. The van der Waals surface area contributed by atoms with Crippen molar-refractivity contribution in [3.63, 3.8) is 0 Å². The maximum Gasteiger partial charge on any atom is 1.00 e. The number of rotatable bonds is 8. The number of allylic oxidation sites excluding steroid dienone is 2. The normalized spacial score (nSPS) is 15.3. The molecule has 2 aromatic rings. The quantitative estimate of drug-likeness (QED) is 0.103. The third kappa shape index (κ3) is 12.9. The van der Waals surface area contributed by atoms with Gasteiger partial charge in [0.15, 0.2) is 0 Å². The van der Waals surface area contributed by atoms with E-state index in [2.05, 4.69) is 54.7 Å². The molecule has 0 saturated carbocycles. The van der Waals surface area contributed by atoms with Crippen molar-refractivity contribution in [3.05, 3.63) is 114 Å². The van der Waals surface area contributed by atoms with E-state index in [0.717, 1.165) is 12.2 Å². The van der Waals surface area contributed by atoms with Crippen LogP contribution in [-0.2, 0) is 6.54 Å². The monoisotopic (exact) mass is 543 g/mol. The van der Waals surface area contributed by atoms with Crippen LogP contribution in [0.4, 0.5) is 17.6 Å². The van der Waals surface area contributed by atoms with Crippen LogP contribution >= 0.6 is 0 Å². The number of hydrogen-bond acceptors (Lipinski definition) is 5. The minimum absolute atomic E-state index is 0. The summed E-state index contributed by atoms with van der Waals surface area (Å²) in [5.74, 6) is 4.67. The fraction of sp³-hybridized carbons (Fsp3) is 0.321. The number of nitrogens with zero attached hydrogens (tertiary/aromatic N) is 1. The Labute approximate surface area is 246 Å². The average molecular weight is 544 g/mol. The van der Waals surface area contributed by atoms with Crippen molar-refractivity contribution in [1.29, 1.82) is 0 Å². The topological polar surface area (TPSA) is 79.3 Å². The van der Waals surface area contributed by atoms with Crippen molar-refractivity contribution in [1.82, 2.24) is 15.6 Å². The average Bonchev–Trinajstić information content (AvgIpc) is 3.32. The molecule has 0 aliphatic carbocycles. The van der Waals surface area contributed by atoms with Gasteiger partial charge in [0.2, 0.25) is 0 Å². The number of nitrogens with one attached hydrogen (secondary N) is 2. The van der Waals surface area contributed by atoms with Crippen LogP contribution in [0.15, 0.2) is 90.9 Å². The molecule has 1 heterocycles. The summed E-state index contributed by atoms with van der Waals surface area (Å²) in [6.45, 7) is 11.3. The van der Waals surface area contributed by atoms with Crippen LogP contribution in [0, 0.1) is 12.2 Å². The minimum atomic E-state index is -4.55. The first-order chi connectivity index (χ1) is 17.5. The van der Waals surface area contributed by atoms with E-state index in [0.29, 0.717) is 11.6 Å². The summed E-state index contributed by atoms with van der Waals surface area (Å²) < 4.78 is 48.2. The maximum atomic E-state index is 12.6. The van der Waals surface area contributed by atoms with Gasteiger partial charge in [-0.3, -0.25) is 15.1 Å². The Morgan fingerprint density at radius 3 is 2.21 bits per heavy atom. The Bertz CT molecular complexity index is 996. The number of likely N-dealkylation sites (N-methyl/N-ethyl adjacent to an activating group) is 1. The standard InChI is InChI=1S/C14H20N2.C8H8F.C6H10F3N3.Na/c1-12(14-9-6-10-16(14)2)15-11-13-7-4-3-5-8-13;1-2-7-5-3-4-6-8(7)9;1-2-3-4(12-11)5(10)6(7,8)9;/h3-5,7-8,14-15H,1,6,9-11H2,2H3;2-6H,1H3;2,12H,1,3,10-11H2;/q;-1;;+1/b;;5-4-;. The molecule has 0 aromatic heterocycles. The van der Waals surface area contributed by atoms with Gasteiger partial charge in [0.25, 0.3) is 0 Å². The SMILES string of the molecule is C=C(NCc1ccccc1)C1CCCN1C.C=CC/C(NN)=C(/N)C(F)(F)F.C[CH-]c1ccccc1F.[Na+]. The molecule has 0 amide bonds. The van der Waals surface area contributed by atoms with Crippen molar-refractivity contribution in [2.45, 2.75) is 44.9 Å². The predicted molar refractivity (Wildman–Crippen MR) is 143 cm³/mol. The molecule has 6 N–H and O–H groups in total. The molecule has 1 saturated heterocycles. The number of benzene rings is 2. The first-order valence-electron chi connectivity index (χ1n) is 11.9. The molecule has 10 heteroatoms. The molecule has 5 nitrogen and oxygen atoms in total. The zero-order valence-electron chi connectivity index (χ0n) is 22.5. The minimum Gasteiger partial charge on any atom is -0.393 e. The zero-order valence-corrected chi connectivity index (χ0v) is 24.5. The van der Waals surface area contributed by atoms with Gasteiger partial charge in [0.05, 0.1) is 5.70 Å².